The summed E-state index contributed by atoms with van der Waals surface area (Å²) in [7, 11) is 0. The molecule has 0 bridgehead atoms. The van der Waals surface area contributed by atoms with Gasteiger partial charge in [0, 0.05) is 29.9 Å². The van der Waals surface area contributed by atoms with Gasteiger partial charge >= 0.3 is 0 Å². The standard InChI is InChI=1S/C14H17N3.ClH/c1-10-7-12-13(16-8-10)3-2-4-14(12)17-11-5-6-15-9-11;/h2-4,7-8,11,15,17H,5-6,9H2,1H3;1H/t11-;/m1./s1. The molecule has 1 aromatic heterocycles. The van der Waals surface area contributed by atoms with Gasteiger partial charge in [-0.3, -0.25) is 4.98 Å². The van der Waals surface area contributed by atoms with Crippen molar-refractivity contribution in [1.82, 2.24) is 10.3 Å². The molecule has 0 aliphatic carbocycles. The first-order chi connectivity index (χ1) is 8.33. The van der Waals surface area contributed by atoms with Crippen LogP contribution < -0.4 is 10.6 Å². The highest BCUT2D eigenvalue weighted by Crippen LogP contribution is 2.24. The molecule has 1 atom stereocenters. The Kier molecular flexibility index (Phi) is 4.04. The quantitative estimate of drug-likeness (QED) is 0.875. The van der Waals surface area contributed by atoms with E-state index in [0.29, 0.717) is 6.04 Å². The second-order valence-corrected chi connectivity index (χ2v) is 4.72. The lowest BCUT2D eigenvalue weighted by Crippen LogP contribution is -2.22. The van der Waals surface area contributed by atoms with E-state index < -0.39 is 0 Å². The van der Waals surface area contributed by atoms with Gasteiger partial charge in [-0.05, 0) is 43.7 Å². The van der Waals surface area contributed by atoms with Gasteiger partial charge in [-0.15, -0.1) is 12.4 Å². The first-order valence-electron chi connectivity index (χ1n) is 6.15. The molecule has 1 aliphatic heterocycles. The molecule has 3 rings (SSSR count). The van der Waals surface area contributed by atoms with Crippen LogP contribution in [-0.4, -0.2) is 24.1 Å². The first kappa shape index (κ1) is 13.1. The van der Waals surface area contributed by atoms with Crippen molar-refractivity contribution in [2.45, 2.75) is 19.4 Å². The molecule has 18 heavy (non-hydrogen) atoms. The maximum atomic E-state index is 4.46. The number of anilines is 1. The number of benzene rings is 1. The fraction of sp³-hybridized carbons (Fsp3) is 0.357. The Morgan fingerprint density at radius 3 is 3.06 bits per heavy atom. The first-order valence-corrected chi connectivity index (χ1v) is 6.15. The third-order valence-electron chi connectivity index (χ3n) is 3.28. The number of nitrogens with one attached hydrogen (secondary N) is 2. The lowest BCUT2D eigenvalue weighted by Gasteiger charge is -2.15. The van der Waals surface area contributed by atoms with E-state index >= 15 is 0 Å². The van der Waals surface area contributed by atoms with Crippen LogP contribution in [0.2, 0.25) is 0 Å². The molecule has 2 aromatic rings. The number of nitrogens with zero attached hydrogens (tertiary/aromatic N) is 1. The molecule has 1 fully saturated rings. The highest BCUT2D eigenvalue weighted by molar-refractivity contribution is 5.91. The summed E-state index contributed by atoms with van der Waals surface area (Å²) in [4.78, 5) is 4.46. The van der Waals surface area contributed by atoms with Crippen LogP contribution >= 0.6 is 12.4 Å². The van der Waals surface area contributed by atoms with E-state index in [1.165, 1.54) is 23.1 Å². The second-order valence-electron chi connectivity index (χ2n) is 4.72. The minimum Gasteiger partial charge on any atom is -0.380 e. The summed E-state index contributed by atoms with van der Waals surface area (Å²) in [6.07, 6.45) is 3.11. The predicted molar refractivity (Wildman–Crippen MR) is 78.6 cm³/mol. The molecule has 2 heterocycles. The fourth-order valence-corrected chi connectivity index (χ4v) is 2.38. The van der Waals surface area contributed by atoms with Crippen molar-refractivity contribution in [3.8, 4) is 0 Å². The van der Waals surface area contributed by atoms with Gasteiger partial charge in [-0.1, -0.05) is 6.07 Å². The number of aryl methyl sites for hydroxylation is 1. The van der Waals surface area contributed by atoms with Gasteiger partial charge in [0.2, 0.25) is 0 Å². The summed E-state index contributed by atoms with van der Waals surface area (Å²) in [5.74, 6) is 0. The Bertz CT molecular complexity index is 536. The lowest BCUT2D eigenvalue weighted by molar-refractivity contribution is 0.794. The Morgan fingerprint density at radius 2 is 2.28 bits per heavy atom. The Hall–Kier alpha value is -1.32. The molecule has 0 saturated carbocycles. The molecule has 4 heteroatoms. The molecular formula is C14H18ClN3. The van der Waals surface area contributed by atoms with Gasteiger partial charge < -0.3 is 10.6 Å². The minimum absolute atomic E-state index is 0. The van der Waals surface area contributed by atoms with Gasteiger partial charge in [0.1, 0.15) is 0 Å². The molecular weight excluding hydrogens is 246 g/mol. The van der Waals surface area contributed by atoms with Crippen LogP contribution in [0, 0.1) is 6.92 Å². The van der Waals surface area contributed by atoms with Gasteiger partial charge in [0.15, 0.2) is 0 Å². The Morgan fingerprint density at radius 1 is 1.39 bits per heavy atom. The number of hydrogen-bond acceptors (Lipinski definition) is 3. The average molecular weight is 264 g/mol. The van der Waals surface area contributed by atoms with Crippen LogP contribution in [0.5, 0.6) is 0 Å². The Labute approximate surface area is 113 Å². The van der Waals surface area contributed by atoms with Crippen molar-refractivity contribution in [2.75, 3.05) is 18.4 Å². The zero-order valence-electron chi connectivity index (χ0n) is 10.4. The van der Waals surface area contributed by atoms with Crippen molar-refractivity contribution in [3.63, 3.8) is 0 Å². The van der Waals surface area contributed by atoms with Crippen LogP contribution in [0.1, 0.15) is 12.0 Å². The van der Waals surface area contributed by atoms with Crippen molar-refractivity contribution < 1.29 is 0 Å². The molecule has 2 N–H and O–H groups in total. The summed E-state index contributed by atoms with van der Waals surface area (Å²) in [6.45, 7) is 4.25. The van der Waals surface area contributed by atoms with Crippen LogP contribution in [0.15, 0.2) is 30.5 Å². The number of halogens is 1. The van der Waals surface area contributed by atoms with Crippen LogP contribution in [0.25, 0.3) is 10.9 Å². The van der Waals surface area contributed by atoms with Crippen molar-refractivity contribution in [1.29, 1.82) is 0 Å². The van der Waals surface area contributed by atoms with Crippen LogP contribution in [0.3, 0.4) is 0 Å². The molecule has 96 valence electrons. The fourth-order valence-electron chi connectivity index (χ4n) is 2.38. The summed E-state index contributed by atoms with van der Waals surface area (Å²) in [6, 6.07) is 9.01. The number of pyridine rings is 1. The number of rotatable bonds is 2. The summed E-state index contributed by atoms with van der Waals surface area (Å²) in [5.41, 5.74) is 3.47. The zero-order valence-corrected chi connectivity index (χ0v) is 11.3. The van der Waals surface area contributed by atoms with Crippen LogP contribution in [0.4, 0.5) is 5.69 Å². The zero-order chi connectivity index (χ0) is 11.7. The smallest absolute Gasteiger partial charge is 0.0722 e. The van der Waals surface area contributed by atoms with Gasteiger partial charge in [0.25, 0.3) is 0 Å². The van der Waals surface area contributed by atoms with E-state index in [4.69, 9.17) is 0 Å². The molecule has 1 aliphatic rings. The average Bonchev–Trinajstić information content (AvgIpc) is 2.83. The molecule has 0 amide bonds. The minimum atomic E-state index is 0. The maximum Gasteiger partial charge on any atom is 0.0722 e. The maximum absolute atomic E-state index is 4.46. The SMILES string of the molecule is Cc1cnc2cccc(N[C@@H]3CCNC3)c2c1.Cl. The van der Waals surface area contributed by atoms with E-state index in [1.54, 1.807) is 0 Å². The van der Waals surface area contributed by atoms with Crippen molar-refractivity contribution in [3.05, 3.63) is 36.0 Å². The van der Waals surface area contributed by atoms with E-state index in [0.717, 1.165) is 18.6 Å². The van der Waals surface area contributed by atoms with Gasteiger partial charge in [-0.25, -0.2) is 0 Å². The van der Waals surface area contributed by atoms with E-state index in [1.807, 2.05) is 6.20 Å². The third-order valence-corrected chi connectivity index (χ3v) is 3.28. The molecule has 1 saturated heterocycles. The molecule has 0 radical (unpaired) electrons. The summed E-state index contributed by atoms with van der Waals surface area (Å²) in [5, 5.41) is 8.20. The lowest BCUT2D eigenvalue weighted by atomic mass is 10.1. The van der Waals surface area contributed by atoms with E-state index in [2.05, 4.69) is 46.8 Å². The van der Waals surface area contributed by atoms with Gasteiger partial charge in [-0.2, -0.15) is 0 Å². The Balaban J connectivity index is 0.00000120. The summed E-state index contributed by atoms with van der Waals surface area (Å²) < 4.78 is 0. The largest absolute Gasteiger partial charge is 0.380 e. The van der Waals surface area contributed by atoms with Crippen LogP contribution in [-0.2, 0) is 0 Å². The van der Waals surface area contributed by atoms with Crippen molar-refractivity contribution in [2.24, 2.45) is 0 Å². The highest BCUT2D eigenvalue weighted by Gasteiger charge is 2.14. The highest BCUT2D eigenvalue weighted by atomic mass is 35.5. The van der Waals surface area contributed by atoms with E-state index in [-0.39, 0.29) is 12.4 Å². The summed E-state index contributed by atoms with van der Waals surface area (Å²) >= 11 is 0. The topological polar surface area (TPSA) is 37.0 Å². The normalized spacial score (nSPS) is 18.6. The van der Waals surface area contributed by atoms with Crippen molar-refractivity contribution >= 4 is 29.0 Å². The number of fused-ring (bicyclic) bond motifs is 1. The second kappa shape index (κ2) is 5.55. The molecule has 1 aromatic carbocycles. The number of aromatic nitrogens is 1. The predicted octanol–water partition coefficient (Wildman–Crippen LogP) is 2.74. The molecule has 0 spiro atoms. The van der Waals surface area contributed by atoms with Gasteiger partial charge in [0.05, 0.1) is 5.52 Å². The number of hydrogen-bond donors (Lipinski definition) is 2. The molecule has 0 unspecified atom stereocenters. The third kappa shape index (κ3) is 2.57. The molecule has 3 nitrogen and oxygen atoms in total. The van der Waals surface area contributed by atoms with E-state index in [9.17, 15) is 0 Å². The monoisotopic (exact) mass is 263 g/mol.